The minimum Gasteiger partial charge on any atom is -0.311 e. The predicted octanol–water partition coefficient (Wildman–Crippen LogP) is 1.90. The van der Waals surface area contributed by atoms with Crippen LogP contribution < -0.4 is 4.90 Å². The van der Waals surface area contributed by atoms with Crippen LogP contribution in [0.4, 0.5) is 10.1 Å². The van der Waals surface area contributed by atoms with Crippen molar-refractivity contribution < 1.29 is 17.6 Å². The Hall–Kier alpha value is -2.45. The number of rotatable bonds is 7. The van der Waals surface area contributed by atoms with Crippen LogP contribution in [0.3, 0.4) is 0 Å². The summed E-state index contributed by atoms with van der Waals surface area (Å²) in [6.07, 6.45) is 0.669. The number of thioether (sulfide) groups is 1. The monoisotopic (exact) mass is 437 g/mol. The van der Waals surface area contributed by atoms with E-state index in [1.54, 1.807) is 11.6 Å². The van der Waals surface area contributed by atoms with Gasteiger partial charge in [0.05, 0.1) is 29.7 Å². The highest BCUT2D eigenvalue weighted by Crippen LogP contribution is 2.29. The number of nitrogens with zero attached hydrogens (tertiary/aromatic N) is 5. The number of benzene rings is 1. The van der Waals surface area contributed by atoms with E-state index in [2.05, 4.69) is 10.2 Å². The van der Waals surface area contributed by atoms with Crippen molar-refractivity contribution in [1.29, 1.82) is 5.26 Å². The van der Waals surface area contributed by atoms with Crippen molar-refractivity contribution in [3.8, 4) is 6.07 Å². The average Bonchev–Trinajstić information content (AvgIpc) is 3.23. The Kier molecular flexibility index (Phi) is 6.54. The Labute approximate surface area is 172 Å². The third-order valence-corrected chi connectivity index (χ3v) is 7.45. The molecular formula is C18H20FN5O3S2. The second-order valence-electron chi connectivity index (χ2n) is 6.72. The summed E-state index contributed by atoms with van der Waals surface area (Å²) in [7, 11) is -1.28. The van der Waals surface area contributed by atoms with E-state index < -0.39 is 15.7 Å². The highest BCUT2D eigenvalue weighted by molar-refractivity contribution is 7.99. The minimum absolute atomic E-state index is 0.0533. The van der Waals surface area contributed by atoms with Crippen molar-refractivity contribution in [3.63, 3.8) is 0 Å². The zero-order valence-corrected chi connectivity index (χ0v) is 17.4. The van der Waals surface area contributed by atoms with E-state index in [0.717, 1.165) is 0 Å². The topological polar surface area (TPSA) is 109 Å². The van der Waals surface area contributed by atoms with Crippen LogP contribution in [0.5, 0.6) is 0 Å². The normalized spacial score (nSPS) is 17.8. The number of aromatic nitrogens is 3. The Bertz CT molecular complexity index is 1030. The molecule has 0 saturated carbocycles. The van der Waals surface area contributed by atoms with Gasteiger partial charge in [-0.2, -0.15) is 5.26 Å². The first-order valence-corrected chi connectivity index (χ1v) is 11.8. The molecule has 1 aliphatic rings. The fraction of sp³-hybridized carbons (Fsp3) is 0.444. The lowest BCUT2D eigenvalue weighted by Crippen LogP contribution is -2.33. The van der Waals surface area contributed by atoms with Crippen molar-refractivity contribution in [2.75, 3.05) is 28.7 Å². The van der Waals surface area contributed by atoms with Crippen LogP contribution in [0.1, 0.15) is 24.6 Å². The minimum atomic E-state index is -3.03. The lowest BCUT2D eigenvalue weighted by atomic mass is 10.1. The number of nitriles is 1. The van der Waals surface area contributed by atoms with E-state index in [1.165, 1.54) is 40.9 Å². The summed E-state index contributed by atoms with van der Waals surface area (Å²) in [4.78, 5) is 14.2. The molecule has 1 amide bonds. The van der Waals surface area contributed by atoms with Crippen molar-refractivity contribution in [1.82, 2.24) is 14.8 Å². The van der Waals surface area contributed by atoms with Crippen LogP contribution in [0, 0.1) is 17.1 Å². The van der Waals surface area contributed by atoms with Gasteiger partial charge in [-0.25, -0.2) is 12.8 Å². The van der Waals surface area contributed by atoms with E-state index in [1.807, 2.05) is 6.07 Å². The van der Waals surface area contributed by atoms with Crippen molar-refractivity contribution >= 4 is 33.2 Å². The molecule has 1 aromatic carbocycles. The average molecular weight is 438 g/mol. The molecule has 2 heterocycles. The zero-order valence-electron chi connectivity index (χ0n) is 15.8. The lowest BCUT2D eigenvalue weighted by Gasteiger charge is -2.21. The van der Waals surface area contributed by atoms with Crippen molar-refractivity contribution in [2.24, 2.45) is 7.05 Å². The highest BCUT2D eigenvalue weighted by atomic mass is 32.2. The van der Waals surface area contributed by atoms with Gasteiger partial charge in [0.15, 0.2) is 15.0 Å². The van der Waals surface area contributed by atoms with E-state index >= 15 is 0 Å². The van der Waals surface area contributed by atoms with Gasteiger partial charge in [-0.3, -0.25) is 4.79 Å². The van der Waals surface area contributed by atoms with Gasteiger partial charge < -0.3 is 9.47 Å². The van der Waals surface area contributed by atoms with E-state index in [0.29, 0.717) is 23.1 Å². The summed E-state index contributed by atoms with van der Waals surface area (Å²) in [5.74, 6) is 0.0279. The number of carbonyl (C=O) groups is 1. The summed E-state index contributed by atoms with van der Waals surface area (Å²) in [5.41, 5.74) is 0.516. The van der Waals surface area contributed by atoms with Gasteiger partial charge in [0.25, 0.3) is 0 Å². The maximum atomic E-state index is 13.2. The number of hydrogen-bond donors (Lipinski definition) is 0. The Morgan fingerprint density at radius 3 is 2.72 bits per heavy atom. The molecule has 0 bridgehead atoms. The SMILES string of the molecule is Cn1c(SCC(=O)N(CCC#N)c2ccc(F)cc2)nnc1C1CCS(=O)(=O)C1. The second-order valence-corrected chi connectivity index (χ2v) is 9.89. The molecule has 1 aromatic heterocycles. The molecule has 1 unspecified atom stereocenters. The van der Waals surface area contributed by atoms with Gasteiger partial charge in [0.1, 0.15) is 11.6 Å². The lowest BCUT2D eigenvalue weighted by molar-refractivity contribution is -0.116. The Morgan fingerprint density at radius 2 is 2.10 bits per heavy atom. The second kappa shape index (κ2) is 8.92. The van der Waals surface area contributed by atoms with Crippen LogP contribution in [0.15, 0.2) is 29.4 Å². The fourth-order valence-electron chi connectivity index (χ4n) is 3.19. The molecule has 2 aromatic rings. The quantitative estimate of drug-likeness (QED) is 0.609. The number of amides is 1. The molecule has 0 spiro atoms. The first-order chi connectivity index (χ1) is 13.8. The van der Waals surface area contributed by atoms with Gasteiger partial charge >= 0.3 is 0 Å². The van der Waals surface area contributed by atoms with Crippen molar-refractivity contribution in [2.45, 2.75) is 23.9 Å². The molecule has 154 valence electrons. The molecular weight excluding hydrogens is 417 g/mol. The summed E-state index contributed by atoms with van der Waals surface area (Å²) in [5, 5.41) is 17.6. The summed E-state index contributed by atoms with van der Waals surface area (Å²) in [6.45, 7) is 0.200. The van der Waals surface area contributed by atoms with Crippen LogP contribution in [-0.2, 0) is 21.7 Å². The molecule has 0 aliphatic carbocycles. The molecule has 1 saturated heterocycles. The largest absolute Gasteiger partial charge is 0.311 e. The smallest absolute Gasteiger partial charge is 0.237 e. The molecule has 1 atom stereocenters. The van der Waals surface area contributed by atoms with Crippen LogP contribution in [-0.4, -0.2) is 52.9 Å². The van der Waals surface area contributed by atoms with Gasteiger partial charge in [-0.15, -0.1) is 10.2 Å². The van der Waals surface area contributed by atoms with E-state index in [-0.39, 0.29) is 42.0 Å². The molecule has 0 N–H and O–H groups in total. The Balaban J connectivity index is 1.68. The molecule has 1 fully saturated rings. The summed E-state index contributed by atoms with van der Waals surface area (Å²) < 4.78 is 38.3. The van der Waals surface area contributed by atoms with Gasteiger partial charge in [-0.1, -0.05) is 11.8 Å². The van der Waals surface area contributed by atoms with Crippen molar-refractivity contribution in [3.05, 3.63) is 35.9 Å². The number of anilines is 1. The molecule has 11 heteroatoms. The highest BCUT2D eigenvalue weighted by Gasteiger charge is 2.32. The third-order valence-electron chi connectivity index (χ3n) is 4.68. The fourth-order valence-corrected chi connectivity index (χ4v) is 5.72. The van der Waals surface area contributed by atoms with Gasteiger partial charge in [-0.05, 0) is 30.7 Å². The predicted molar refractivity (Wildman–Crippen MR) is 107 cm³/mol. The maximum absolute atomic E-state index is 13.2. The molecule has 8 nitrogen and oxygen atoms in total. The van der Waals surface area contributed by atoms with Gasteiger partial charge in [0, 0.05) is 25.2 Å². The molecule has 29 heavy (non-hydrogen) atoms. The number of carbonyl (C=O) groups excluding carboxylic acids is 1. The van der Waals surface area contributed by atoms with E-state index in [4.69, 9.17) is 5.26 Å². The van der Waals surface area contributed by atoms with E-state index in [9.17, 15) is 17.6 Å². The number of halogens is 1. The summed E-state index contributed by atoms with van der Waals surface area (Å²) in [6, 6.07) is 7.53. The Morgan fingerprint density at radius 1 is 1.38 bits per heavy atom. The molecule has 0 radical (unpaired) electrons. The molecule has 3 rings (SSSR count). The number of sulfone groups is 1. The zero-order chi connectivity index (χ0) is 21.0. The van der Waals surface area contributed by atoms with Crippen LogP contribution >= 0.6 is 11.8 Å². The summed E-state index contributed by atoms with van der Waals surface area (Å²) >= 11 is 1.19. The van der Waals surface area contributed by atoms with Crippen LogP contribution in [0.25, 0.3) is 0 Å². The third kappa shape index (κ3) is 5.13. The molecule has 1 aliphatic heterocycles. The first kappa shape index (κ1) is 21.3. The van der Waals surface area contributed by atoms with Crippen LogP contribution in [0.2, 0.25) is 0 Å². The first-order valence-electron chi connectivity index (χ1n) is 8.96. The maximum Gasteiger partial charge on any atom is 0.237 e. The standard InChI is InChI=1S/C18H20FN5O3S2/c1-23-17(13-7-10-29(26,27)12-13)21-22-18(23)28-11-16(25)24(9-2-8-20)15-5-3-14(19)4-6-15/h3-6,13H,2,7,9-12H2,1H3. The van der Waals surface area contributed by atoms with Gasteiger partial charge in [0.2, 0.25) is 5.91 Å². The number of hydrogen-bond acceptors (Lipinski definition) is 7.